The average Bonchev–Trinajstić information content (AvgIpc) is 1.85. The Balaban J connectivity index is 3.50. The largest absolute Gasteiger partial charge is 0.600 e. The summed E-state index contributed by atoms with van der Waals surface area (Å²) in [4.78, 5) is 4.19. The molecular formula is C3H11N3O4. The van der Waals surface area contributed by atoms with Crippen LogP contribution in [0.25, 0.3) is 0 Å². The zero-order valence-electron chi connectivity index (χ0n) is 5.53. The summed E-state index contributed by atoms with van der Waals surface area (Å²) in [6.07, 6.45) is -1.05. The minimum Gasteiger partial charge on any atom is -0.600 e. The van der Waals surface area contributed by atoms with Crippen molar-refractivity contribution in [3.05, 3.63) is 10.4 Å². The Morgan fingerprint density at radius 1 is 1.70 bits per heavy atom. The average molecular weight is 153 g/mol. The minimum atomic E-state index is -1.11. The van der Waals surface area contributed by atoms with Gasteiger partial charge in [0.15, 0.2) is 6.54 Å². The van der Waals surface area contributed by atoms with Crippen molar-refractivity contribution in [3.63, 3.8) is 0 Å². The van der Waals surface area contributed by atoms with Gasteiger partial charge in [0.05, 0.1) is 7.11 Å². The number of nitrogens with two attached hydrogens (primary N) is 1. The van der Waals surface area contributed by atoms with Gasteiger partial charge < -0.3 is 10.4 Å². The van der Waals surface area contributed by atoms with Crippen LogP contribution in [0.15, 0.2) is 0 Å². The van der Waals surface area contributed by atoms with Crippen LogP contribution in [-0.2, 0) is 4.84 Å². The normalized spacial score (nSPS) is 20.1. The molecule has 0 saturated carbocycles. The molecule has 0 heterocycles. The molecular weight excluding hydrogens is 142 g/mol. The number of quaternary nitrogens is 2. The summed E-state index contributed by atoms with van der Waals surface area (Å²) < 4.78 is 0. The van der Waals surface area contributed by atoms with Gasteiger partial charge in [0.1, 0.15) is 0 Å². The second kappa shape index (κ2) is 4.52. The Kier molecular flexibility index (Phi) is 4.40. The lowest BCUT2D eigenvalue weighted by molar-refractivity contribution is -1.11. The molecule has 62 valence electrons. The second-order valence-corrected chi connectivity index (χ2v) is 1.73. The van der Waals surface area contributed by atoms with Crippen molar-refractivity contribution in [2.75, 3.05) is 13.7 Å². The molecule has 0 saturated heterocycles. The van der Waals surface area contributed by atoms with Crippen molar-refractivity contribution in [2.45, 2.75) is 6.17 Å². The van der Waals surface area contributed by atoms with Crippen LogP contribution in [0, 0.1) is 10.4 Å². The van der Waals surface area contributed by atoms with E-state index in [1.54, 1.807) is 0 Å². The Morgan fingerprint density at radius 3 is 2.50 bits per heavy atom. The van der Waals surface area contributed by atoms with Crippen LogP contribution in [0.3, 0.4) is 0 Å². The highest BCUT2D eigenvalue weighted by atomic mass is 16.9. The van der Waals surface area contributed by atoms with Gasteiger partial charge in [-0.2, -0.15) is 0 Å². The van der Waals surface area contributed by atoms with E-state index in [-0.39, 0.29) is 0 Å². The van der Waals surface area contributed by atoms with Crippen LogP contribution in [0.1, 0.15) is 0 Å². The lowest BCUT2D eigenvalue weighted by Crippen LogP contribution is -3.19. The molecule has 0 aliphatic heterocycles. The molecule has 0 aromatic heterocycles. The van der Waals surface area contributed by atoms with E-state index in [0.717, 1.165) is 7.11 Å². The molecule has 0 rings (SSSR count). The lowest BCUT2D eigenvalue weighted by atomic mass is 10.5. The molecule has 0 amide bonds. The van der Waals surface area contributed by atoms with Crippen LogP contribution in [0.4, 0.5) is 0 Å². The van der Waals surface area contributed by atoms with Gasteiger partial charge in [0.25, 0.3) is 0 Å². The maximum absolute atomic E-state index is 10.4. The smallest absolute Gasteiger partial charge is 0.221 e. The quantitative estimate of drug-likeness (QED) is 0.243. The maximum Gasteiger partial charge on any atom is 0.221 e. The van der Waals surface area contributed by atoms with Gasteiger partial charge in [0, 0.05) is 0 Å². The van der Waals surface area contributed by atoms with Gasteiger partial charge >= 0.3 is 0 Å². The third-order valence-corrected chi connectivity index (χ3v) is 0.898. The van der Waals surface area contributed by atoms with Gasteiger partial charge in [-0.15, -0.1) is 0 Å². The van der Waals surface area contributed by atoms with E-state index in [4.69, 9.17) is 10.9 Å². The fourth-order valence-electron chi connectivity index (χ4n) is 0.423. The summed E-state index contributed by atoms with van der Waals surface area (Å²) >= 11 is 0. The van der Waals surface area contributed by atoms with E-state index < -0.39 is 23.2 Å². The zero-order chi connectivity index (χ0) is 8.15. The Morgan fingerprint density at radius 2 is 2.20 bits per heavy atom. The van der Waals surface area contributed by atoms with Crippen molar-refractivity contribution in [1.29, 1.82) is 0 Å². The Hall–Kier alpha value is -0.280. The number of hydrogen-bond donors (Lipinski definition) is 4. The molecule has 7 nitrogen and oxygen atoms in total. The number of hydrogen-bond acceptors (Lipinski definition) is 5. The summed E-state index contributed by atoms with van der Waals surface area (Å²) in [5.74, 6) is 0. The number of nitrogens with one attached hydrogen (secondary N) is 2. The van der Waals surface area contributed by atoms with Crippen molar-refractivity contribution in [2.24, 2.45) is 5.73 Å². The highest BCUT2D eigenvalue weighted by Crippen LogP contribution is 1.53. The van der Waals surface area contributed by atoms with Crippen LogP contribution in [-0.4, -0.2) is 25.0 Å². The monoisotopic (exact) mass is 153 g/mol. The fourth-order valence-corrected chi connectivity index (χ4v) is 0.423. The minimum absolute atomic E-state index is 0.396. The summed E-state index contributed by atoms with van der Waals surface area (Å²) in [5.41, 5.74) is 5.07. The molecule has 0 bridgehead atoms. The maximum atomic E-state index is 10.4. The van der Waals surface area contributed by atoms with Crippen molar-refractivity contribution in [3.8, 4) is 0 Å². The van der Waals surface area contributed by atoms with Gasteiger partial charge in [-0.05, 0) is 0 Å². The summed E-state index contributed by atoms with van der Waals surface area (Å²) in [5, 5.41) is 26.7. The first-order chi connectivity index (χ1) is 4.57. The van der Waals surface area contributed by atoms with Crippen LogP contribution >= 0.6 is 0 Å². The Bertz CT molecular complexity index is 89.8. The first-order valence-electron chi connectivity index (χ1n) is 2.63. The number of hydroxylamine groups is 4. The predicted molar refractivity (Wildman–Crippen MR) is 30.3 cm³/mol. The Labute approximate surface area is 57.6 Å². The van der Waals surface area contributed by atoms with Gasteiger partial charge in [-0.1, -0.05) is 0 Å². The van der Waals surface area contributed by atoms with E-state index in [9.17, 15) is 10.4 Å². The molecule has 0 aromatic carbocycles. The topological polar surface area (TPSA) is 110 Å². The van der Waals surface area contributed by atoms with E-state index in [1.165, 1.54) is 0 Å². The summed E-state index contributed by atoms with van der Waals surface area (Å²) in [6.45, 7) is -0.396. The van der Waals surface area contributed by atoms with Crippen molar-refractivity contribution in [1.82, 2.24) is 0 Å². The van der Waals surface area contributed by atoms with E-state index in [1.807, 2.05) is 0 Å². The second-order valence-electron chi connectivity index (χ2n) is 1.73. The van der Waals surface area contributed by atoms with Gasteiger partial charge in [-0.3, -0.25) is 5.73 Å². The first-order valence-corrected chi connectivity index (χ1v) is 2.63. The molecule has 5 N–H and O–H groups in total. The molecule has 0 fully saturated rings. The van der Waals surface area contributed by atoms with E-state index >= 15 is 0 Å². The standard InChI is InChI=1S/C3H11N3O4/c1-10-6(9)3(4)2-5(7)8/h3,5-7H,2,4H2,1H3. The predicted octanol–water partition coefficient (Wildman–Crippen LogP) is -4.01. The summed E-state index contributed by atoms with van der Waals surface area (Å²) in [6, 6.07) is 0. The van der Waals surface area contributed by atoms with Gasteiger partial charge in [0.2, 0.25) is 6.17 Å². The molecule has 0 aliphatic carbocycles. The molecule has 0 aromatic rings. The van der Waals surface area contributed by atoms with Crippen LogP contribution < -0.4 is 16.2 Å². The first kappa shape index (κ1) is 9.72. The molecule has 3 atom stereocenters. The molecule has 7 heteroatoms. The summed E-state index contributed by atoms with van der Waals surface area (Å²) in [7, 11) is 1.16. The van der Waals surface area contributed by atoms with Crippen LogP contribution in [0.5, 0.6) is 0 Å². The van der Waals surface area contributed by atoms with Crippen molar-refractivity contribution < 1.29 is 20.5 Å². The molecule has 0 spiro atoms. The van der Waals surface area contributed by atoms with Gasteiger partial charge in [-0.25, -0.2) is 20.5 Å². The van der Waals surface area contributed by atoms with E-state index in [0.29, 0.717) is 0 Å². The third-order valence-electron chi connectivity index (χ3n) is 0.898. The molecule has 10 heavy (non-hydrogen) atoms. The molecule has 0 aliphatic rings. The van der Waals surface area contributed by atoms with Crippen LogP contribution in [0.2, 0.25) is 0 Å². The van der Waals surface area contributed by atoms with E-state index in [2.05, 4.69) is 4.84 Å². The fraction of sp³-hybridized carbons (Fsp3) is 1.00. The highest BCUT2D eigenvalue weighted by Gasteiger charge is 2.12. The number of rotatable bonds is 4. The van der Waals surface area contributed by atoms with Crippen molar-refractivity contribution >= 4 is 0 Å². The molecule has 0 radical (unpaired) electrons. The zero-order valence-corrected chi connectivity index (χ0v) is 5.53. The molecule has 3 unspecified atom stereocenters. The SMILES string of the molecule is CO[NH+]([O-])C(N)C[NH+]([O-])O. The third kappa shape index (κ3) is 3.69. The highest BCUT2D eigenvalue weighted by molar-refractivity contribution is 4.35. The lowest BCUT2D eigenvalue weighted by Gasteiger charge is -2.25.